The van der Waals surface area contributed by atoms with Crippen LogP contribution in [0.15, 0.2) is 6.07 Å². The molecule has 0 aliphatic heterocycles. The SMILES string of the molecule is CNCc1cc2c(c(I)c1O)CCCC2. The fourth-order valence-corrected chi connectivity index (χ4v) is 3.19. The third-order valence-electron chi connectivity index (χ3n) is 3.00. The Bertz CT molecular complexity index is 376. The Labute approximate surface area is 104 Å². The smallest absolute Gasteiger partial charge is 0.133 e. The second-order valence-corrected chi connectivity index (χ2v) is 5.15. The minimum Gasteiger partial charge on any atom is -0.506 e. The number of phenolic OH excluding ortho intramolecular Hbond substituents is 1. The lowest BCUT2D eigenvalue weighted by Crippen LogP contribution is -2.10. The van der Waals surface area contributed by atoms with Crippen LogP contribution in [0.2, 0.25) is 0 Å². The Hall–Kier alpha value is -0.290. The highest BCUT2D eigenvalue weighted by Crippen LogP contribution is 2.34. The molecule has 82 valence electrons. The average molecular weight is 317 g/mol. The molecule has 1 aromatic rings. The molecule has 0 radical (unpaired) electrons. The van der Waals surface area contributed by atoms with Gasteiger partial charge in [0.2, 0.25) is 0 Å². The van der Waals surface area contributed by atoms with Crippen molar-refractivity contribution < 1.29 is 5.11 Å². The van der Waals surface area contributed by atoms with E-state index in [4.69, 9.17) is 0 Å². The third kappa shape index (κ3) is 2.13. The third-order valence-corrected chi connectivity index (χ3v) is 4.17. The zero-order chi connectivity index (χ0) is 10.8. The van der Waals surface area contributed by atoms with Crippen LogP contribution in [0.5, 0.6) is 5.75 Å². The molecule has 2 rings (SSSR count). The molecule has 0 amide bonds. The molecule has 0 unspecified atom stereocenters. The van der Waals surface area contributed by atoms with Gasteiger partial charge in [-0.05, 0) is 66.4 Å². The summed E-state index contributed by atoms with van der Waals surface area (Å²) in [4.78, 5) is 0. The van der Waals surface area contributed by atoms with Gasteiger partial charge >= 0.3 is 0 Å². The van der Waals surface area contributed by atoms with E-state index in [1.54, 1.807) is 0 Å². The minimum atomic E-state index is 0.477. The number of halogens is 1. The molecule has 0 aromatic heterocycles. The van der Waals surface area contributed by atoms with Gasteiger partial charge in [0, 0.05) is 12.1 Å². The Morgan fingerprint density at radius 3 is 2.87 bits per heavy atom. The van der Waals surface area contributed by atoms with Crippen molar-refractivity contribution in [3.63, 3.8) is 0 Å². The maximum absolute atomic E-state index is 10.0. The van der Waals surface area contributed by atoms with Crippen molar-refractivity contribution in [3.8, 4) is 5.75 Å². The second kappa shape index (κ2) is 4.70. The van der Waals surface area contributed by atoms with Gasteiger partial charge in [0.25, 0.3) is 0 Å². The maximum atomic E-state index is 10.0. The average Bonchev–Trinajstić information content (AvgIpc) is 2.26. The van der Waals surface area contributed by atoms with Crippen LogP contribution in [0.3, 0.4) is 0 Å². The molecule has 15 heavy (non-hydrogen) atoms. The van der Waals surface area contributed by atoms with E-state index in [9.17, 15) is 5.11 Å². The molecular weight excluding hydrogens is 301 g/mol. The van der Waals surface area contributed by atoms with Crippen LogP contribution in [0.4, 0.5) is 0 Å². The van der Waals surface area contributed by atoms with Gasteiger partial charge < -0.3 is 10.4 Å². The summed E-state index contributed by atoms with van der Waals surface area (Å²) in [6.07, 6.45) is 4.84. The van der Waals surface area contributed by atoms with Crippen molar-refractivity contribution in [2.75, 3.05) is 7.05 Å². The molecule has 2 N–H and O–H groups in total. The molecule has 1 aromatic carbocycles. The fraction of sp³-hybridized carbons (Fsp3) is 0.500. The van der Waals surface area contributed by atoms with Gasteiger partial charge in [-0.2, -0.15) is 0 Å². The number of phenols is 1. The van der Waals surface area contributed by atoms with E-state index in [1.807, 2.05) is 7.05 Å². The molecule has 2 nitrogen and oxygen atoms in total. The lowest BCUT2D eigenvalue weighted by atomic mass is 9.90. The number of aromatic hydroxyl groups is 1. The molecule has 0 saturated carbocycles. The van der Waals surface area contributed by atoms with Crippen LogP contribution >= 0.6 is 22.6 Å². The van der Waals surface area contributed by atoms with E-state index >= 15 is 0 Å². The van der Waals surface area contributed by atoms with E-state index in [1.165, 1.54) is 30.4 Å². The molecule has 0 heterocycles. The molecule has 0 spiro atoms. The molecular formula is C12H16INO. The summed E-state index contributed by atoms with van der Waals surface area (Å²) in [5, 5.41) is 13.1. The highest BCUT2D eigenvalue weighted by Gasteiger charge is 2.17. The van der Waals surface area contributed by atoms with E-state index in [2.05, 4.69) is 34.0 Å². The number of nitrogens with one attached hydrogen (secondary N) is 1. The first-order chi connectivity index (χ1) is 7.24. The lowest BCUT2D eigenvalue weighted by molar-refractivity contribution is 0.459. The summed E-state index contributed by atoms with van der Waals surface area (Å²) in [6, 6.07) is 2.17. The molecule has 0 fully saturated rings. The molecule has 3 heteroatoms. The van der Waals surface area contributed by atoms with Crippen molar-refractivity contribution in [1.82, 2.24) is 5.32 Å². The van der Waals surface area contributed by atoms with Crippen LogP contribution in [-0.4, -0.2) is 12.2 Å². The van der Waals surface area contributed by atoms with Crippen molar-refractivity contribution in [1.29, 1.82) is 0 Å². The quantitative estimate of drug-likeness (QED) is 0.822. The van der Waals surface area contributed by atoms with Crippen LogP contribution in [-0.2, 0) is 19.4 Å². The van der Waals surface area contributed by atoms with E-state index in [0.717, 1.165) is 22.1 Å². The number of fused-ring (bicyclic) bond motifs is 1. The van der Waals surface area contributed by atoms with Gasteiger partial charge in [-0.3, -0.25) is 0 Å². The minimum absolute atomic E-state index is 0.477. The van der Waals surface area contributed by atoms with Gasteiger partial charge in [0.1, 0.15) is 5.75 Å². The van der Waals surface area contributed by atoms with Crippen LogP contribution in [0.1, 0.15) is 29.5 Å². The van der Waals surface area contributed by atoms with Gasteiger partial charge in [-0.1, -0.05) is 6.07 Å². The van der Waals surface area contributed by atoms with Gasteiger partial charge in [0.15, 0.2) is 0 Å². The van der Waals surface area contributed by atoms with Crippen molar-refractivity contribution in [3.05, 3.63) is 26.3 Å². The van der Waals surface area contributed by atoms with E-state index < -0.39 is 0 Å². The molecule has 1 aliphatic rings. The van der Waals surface area contributed by atoms with Gasteiger partial charge in [-0.15, -0.1) is 0 Å². The zero-order valence-corrected chi connectivity index (χ0v) is 11.1. The summed E-state index contributed by atoms with van der Waals surface area (Å²) in [6.45, 7) is 0.745. The lowest BCUT2D eigenvalue weighted by Gasteiger charge is -2.20. The summed E-state index contributed by atoms with van der Waals surface area (Å²) in [5.74, 6) is 0.477. The topological polar surface area (TPSA) is 32.3 Å². The Kier molecular flexibility index (Phi) is 3.51. The highest BCUT2D eigenvalue weighted by molar-refractivity contribution is 14.1. The maximum Gasteiger partial charge on any atom is 0.133 e. The van der Waals surface area contributed by atoms with Crippen LogP contribution in [0.25, 0.3) is 0 Å². The van der Waals surface area contributed by atoms with E-state index in [-0.39, 0.29) is 0 Å². The number of hydrogen-bond donors (Lipinski definition) is 2. The van der Waals surface area contributed by atoms with Gasteiger partial charge in [-0.25, -0.2) is 0 Å². The predicted molar refractivity (Wildman–Crippen MR) is 70.2 cm³/mol. The number of aryl methyl sites for hydroxylation is 1. The summed E-state index contributed by atoms with van der Waals surface area (Å²) >= 11 is 2.28. The standard InChI is InChI=1S/C12H16INO/c1-14-7-9-6-8-4-2-3-5-10(8)11(13)12(9)15/h6,14-15H,2-5,7H2,1H3. The summed E-state index contributed by atoms with van der Waals surface area (Å²) in [7, 11) is 1.91. The molecule has 0 atom stereocenters. The first-order valence-electron chi connectivity index (χ1n) is 5.40. The Morgan fingerprint density at radius 1 is 1.40 bits per heavy atom. The molecule has 0 saturated heterocycles. The summed E-state index contributed by atoms with van der Waals surface area (Å²) in [5.41, 5.74) is 3.84. The van der Waals surface area contributed by atoms with Crippen molar-refractivity contribution in [2.24, 2.45) is 0 Å². The predicted octanol–water partition coefficient (Wildman–Crippen LogP) is 2.60. The molecule has 1 aliphatic carbocycles. The van der Waals surface area contributed by atoms with E-state index in [0.29, 0.717) is 5.75 Å². The monoisotopic (exact) mass is 317 g/mol. The number of rotatable bonds is 2. The highest BCUT2D eigenvalue weighted by atomic mass is 127. The van der Waals surface area contributed by atoms with Crippen molar-refractivity contribution in [2.45, 2.75) is 32.2 Å². The van der Waals surface area contributed by atoms with Gasteiger partial charge in [0.05, 0.1) is 3.57 Å². The fourth-order valence-electron chi connectivity index (χ4n) is 2.23. The molecule has 0 bridgehead atoms. The summed E-state index contributed by atoms with van der Waals surface area (Å²) < 4.78 is 1.06. The zero-order valence-electron chi connectivity index (χ0n) is 8.94. The van der Waals surface area contributed by atoms with Crippen LogP contribution < -0.4 is 5.32 Å². The Morgan fingerprint density at radius 2 is 2.13 bits per heavy atom. The Balaban J connectivity index is 2.47. The first kappa shape index (κ1) is 11.2. The van der Waals surface area contributed by atoms with Crippen LogP contribution in [0, 0.1) is 3.57 Å². The number of hydrogen-bond acceptors (Lipinski definition) is 2. The second-order valence-electron chi connectivity index (χ2n) is 4.07. The van der Waals surface area contributed by atoms with Crippen molar-refractivity contribution >= 4 is 22.6 Å². The number of benzene rings is 1. The normalized spacial score (nSPS) is 15.1. The largest absolute Gasteiger partial charge is 0.506 e. The first-order valence-corrected chi connectivity index (χ1v) is 6.48.